The molecule has 100 valence electrons. The molecule has 2 N–H and O–H groups in total. The summed E-state index contributed by atoms with van der Waals surface area (Å²) in [6.45, 7) is 9.39. The van der Waals surface area contributed by atoms with E-state index in [0.717, 1.165) is 6.54 Å². The van der Waals surface area contributed by atoms with Crippen LogP contribution in [0.2, 0.25) is 0 Å². The van der Waals surface area contributed by atoms with E-state index in [4.69, 9.17) is 5.11 Å². The molecule has 0 aromatic rings. The van der Waals surface area contributed by atoms with Crippen LogP contribution >= 0.6 is 0 Å². The second-order valence-electron chi connectivity index (χ2n) is 6.59. The second kappa shape index (κ2) is 5.85. The fourth-order valence-corrected chi connectivity index (χ4v) is 2.93. The lowest BCUT2D eigenvalue weighted by Crippen LogP contribution is -2.44. The fourth-order valence-electron chi connectivity index (χ4n) is 2.93. The maximum absolute atomic E-state index is 11.1. The van der Waals surface area contributed by atoms with E-state index in [1.54, 1.807) is 0 Å². The maximum Gasteiger partial charge on any atom is 0.320 e. The molecule has 2 unspecified atom stereocenters. The summed E-state index contributed by atoms with van der Waals surface area (Å²) in [7, 11) is 0. The van der Waals surface area contributed by atoms with Crippen LogP contribution in [0.3, 0.4) is 0 Å². The van der Waals surface area contributed by atoms with E-state index in [1.165, 1.54) is 25.7 Å². The van der Waals surface area contributed by atoms with Gasteiger partial charge < -0.3 is 10.4 Å². The molecular formula is C14H27NO2. The van der Waals surface area contributed by atoms with Crippen molar-refractivity contribution in [1.82, 2.24) is 5.32 Å². The SMILES string of the molecule is CC(C)C(NCC1CCCC(C)(C)C1)C(=O)O. The molecule has 2 atom stereocenters. The Balaban J connectivity index is 2.41. The van der Waals surface area contributed by atoms with E-state index in [9.17, 15) is 4.79 Å². The summed E-state index contributed by atoms with van der Waals surface area (Å²) in [5.74, 6) is 0.0542. The third kappa shape index (κ3) is 4.66. The topological polar surface area (TPSA) is 49.3 Å². The van der Waals surface area contributed by atoms with Gasteiger partial charge in [-0.15, -0.1) is 0 Å². The number of carbonyl (C=O) groups is 1. The molecule has 1 aliphatic carbocycles. The Morgan fingerprint density at radius 2 is 2.12 bits per heavy atom. The highest BCUT2D eigenvalue weighted by Gasteiger charge is 2.29. The lowest BCUT2D eigenvalue weighted by atomic mass is 9.72. The van der Waals surface area contributed by atoms with Crippen molar-refractivity contribution in [3.05, 3.63) is 0 Å². The summed E-state index contributed by atoms with van der Waals surface area (Å²) in [5, 5.41) is 12.3. The molecule has 0 heterocycles. The smallest absolute Gasteiger partial charge is 0.320 e. The summed E-state index contributed by atoms with van der Waals surface area (Å²) in [6.07, 6.45) is 5.03. The predicted octanol–water partition coefficient (Wildman–Crippen LogP) is 2.90. The lowest BCUT2D eigenvalue weighted by molar-refractivity contribution is -0.140. The molecule has 0 spiro atoms. The van der Waals surface area contributed by atoms with Crippen molar-refractivity contribution in [2.24, 2.45) is 17.3 Å². The lowest BCUT2D eigenvalue weighted by Gasteiger charge is -2.36. The van der Waals surface area contributed by atoms with Crippen molar-refractivity contribution >= 4 is 5.97 Å². The van der Waals surface area contributed by atoms with Crippen LogP contribution < -0.4 is 5.32 Å². The minimum atomic E-state index is -0.727. The van der Waals surface area contributed by atoms with Gasteiger partial charge in [-0.1, -0.05) is 34.1 Å². The summed E-state index contributed by atoms with van der Waals surface area (Å²) in [5.41, 5.74) is 0.432. The largest absolute Gasteiger partial charge is 0.480 e. The Hall–Kier alpha value is -0.570. The Morgan fingerprint density at radius 1 is 1.47 bits per heavy atom. The first-order chi connectivity index (χ1) is 7.82. The molecular weight excluding hydrogens is 214 g/mol. The van der Waals surface area contributed by atoms with Crippen LogP contribution in [0.5, 0.6) is 0 Å². The number of carboxylic acids is 1. The third-order valence-electron chi connectivity index (χ3n) is 3.87. The number of aliphatic carboxylic acids is 1. The van der Waals surface area contributed by atoms with Crippen LogP contribution in [0.15, 0.2) is 0 Å². The number of rotatable bonds is 5. The number of hydrogen-bond donors (Lipinski definition) is 2. The third-order valence-corrected chi connectivity index (χ3v) is 3.87. The van der Waals surface area contributed by atoms with Crippen molar-refractivity contribution in [3.8, 4) is 0 Å². The van der Waals surface area contributed by atoms with Gasteiger partial charge in [0.15, 0.2) is 0 Å². The minimum Gasteiger partial charge on any atom is -0.480 e. The average Bonchev–Trinajstić information content (AvgIpc) is 2.15. The fraction of sp³-hybridized carbons (Fsp3) is 0.929. The van der Waals surface area contributed by atoms with Crippen LogP contribution in [0.4, 0.5) is 0 Å². The molecule has 1 aliphatic rings. The van der Waals surface area contributed by atoms with Crippen molar-refractivity contribution in [2.45, 2.75) is 59.4 Å². The average molecular weight is 241 g/mol. The summed E-state index contributed by atoms with van der Waals surface area (Å²) in [6, 6.07) is -0.403. The van der Waals surface area contributed by atoms with E-state index >= 15 is 0 Å². The van der Waals surface area contributed by atoms with E-state index in [0.29, 0.717) is 11.3 Å². The van der Waals surface area contributed by atoms with Gasteiger partial charge in [-0.3, -0.25) is 4.79 Å². The molecule has 3 heteroatoms. The predicted molar refractivity (Wildman–Crippen MR) is 70.0 cm³/mol. The Morgan fingerprint density at radius 3 is 2.59 bits per heavy atom. The second-order valence-corrected chi connectivity index (χ2v) is 6.59. The standard InChI is InChI=1S/C14H27NO2/c1-10(2)12(13(16)17)15-9-11-6-5-7-14(3,4)8-11/h10-12,15H,5-9H2,1-4H3,(H,16,17). The van der Waals surface area contributed by atoms with Gasteiger partial charge in [0.2, 0.25) is 0 Å². The molecule has 0 saturated heterocycles. The molecule has 0 aliphatic heterocycles. The summed E-state index contributed by atoms with van der Waals surface area (Å²) >= 11 is 0. The summed E-state index contributed by atoms with van der Waals surface area (Å²) < 4.78 is 0. The van der Waals surface area contributed by atoms with Gasteiger partial charge in [0.25, 0.3) is 0 Å². The van der Waals surface area contributed by atoms with Gasteiger partial charge in [0, 0.05) is 0 Å². The molecule has 0 aromatic carbocycles. The van der Waals surface area contributed by atoms with Crippen LogP contribution in [0.25, 0.3) is 0 Å². The van der Waals surface area contributed by atoms with Crippen LogP contribution in [-0.4, -0.2) is 23.7 Å². The highest BCUT2D eigenvalue weighted by molar-refractivity contribution is 5.73. The maximum atomic E-state index is 11.1. The summed E-state index contributed by atoms with van der Waals surface area (Å²) in [4.78, 5) is 11.1. The molecule has 1 saturated carbocycles. The van der Waals surface area contributed by atoms with Crippen LogP contribution in [0.1, 0.15) is 53.4 Å². The van der Waals surface area contributed by atoms with Crippen LogP contribution in [0, 0.1) is 17.3 Å². The van der Waals surface area contributed by atoms with Gasteiger partial charge in [0.1, 0.15) is 6.04 Å². The van der Waals surface area contributed by atoms with E-state index in [1.807, 2.05) is 13.8 Å². The number of carboxylic acid groups (broad SMARTS) is 1. The van der Waals surface area contributed by atoms with Crippen molar-refractivity contribution in [1.29, 1.82) is 0 Å². The zero-order chi connectivity index (χ0) is 13.1. The normalized spacial score (nSPS) is 25.8. The highest BCUT2D eigenvalue weighted by Crippen LogP contribution is 2.38. The Bertz CT molecular complexity index is 261. The van der Waals surface area contributed by atoms with Gasteiger partial charge in [0.05, 0.1) is 0 Å². The monoisotopic (exact) mass is 241 g/mol. The highest BCUT2D eigenvalue weighted by atomic mass is 16.4. The minimum absolute atomic E-state index is 0.143. The Kier molecular flexibility index (Phi) is 4.99. The first kappa shape index (κ1) is 14.5. The van der Waals surface area contributed by atoms with E-state index in [-0.39, 0.29) is 5.92 Å². The molecule has 0 bridgehead atoms. The molecule has 1 fully saturated rings. The van der Waals surface area contributed by atoms with Gasteiger partial charge in [-0.25, -0.2) is 0 Å². The van der Waals surface area contributed by atoms with Crippen LogP contribution in [-0.2, 0) is 4.79 Å². The van der Waals surface area contributed by atoms with Gasteiger partial charge >= 0.3 is 5.97 Å². The molecule has 0 aromatic heterocycles. The number of hydrogen-bond acceptors (Lipinski definition) is 2. The van der Waals surface area contributed by atoms with Crippen molar-refractivity contribution < 1.29 is 9.90 Å². The quantitative estimate of drug-likeness (QED) is 0.778. The van der Waals surface area contributed by atoms with Gasteiger partial charge in [-0.2, -0.15) is 0 Å². The molecule has 0 amide bonds. The van der Waals surface area contributed by atoms with Crippen molar-refractivity contribution in [3.63, 3.8) is 0 Å². The number of nitrogens with one attached hydrogen (secondary N) is 1. The zero-order valence-electron chi connectivity index (χ0n) is 11.6. The Labute approximate surface area is 105 Å². The zero-order valence-corrected chi connectivity index (χ0v) is 11.6. The first-order valence-electron chi connectivity index (χ1n) is 6.78. The van der Waals surface area contributed by atoms with E-state index in [2.05, 4.69) is 19.2 Å². The first-order valence-corrected chi connectivity index (χ1v) is 6.78. The van der Waals surface area contributed by atoms with Crippen molar-refractivity contribution in [2.75, 3.05) is 6.54 Å². The molecule has 3 nitrogen and oxygen atoms in total. The molecule has 1 rings (SSSR count). The molecule has 17 heavy (non-hydrogen) atoms. The van der Waals surface area contributed by atoms with Gasteiger partial charge in [-0.05, 0) is 43.1 Å². The van der Waals surface area contributed by atoms with E-state index < -0.39 is 12.0 Å². The molecule has 0 radical (unpaired) electrons.